The first-order valence-electron chi connectivity index (χ1n) is 7.14. The molecule has 0 bridgehead atoms. The molecule has 0 saturated heterocycles. The molecule has 0 radical (unpaired) electrons. The molecule has 0 aliphatic heterocycles. The van der Waals surface area contributed by atoms with Gasteiger partial charge in [0, 0.05) is 15.8 Å². The summed E-state index contributed by atoms with van der Waals surface area (Å²) in [5.74, 6) is 1.50. The number of benzene rings is 1. The summed E-state index contributed by atoms with van der Waals surface area (Å²) in [4.78, 5) is 3.00. The summed E-state index contributed by atoms with van der Waals surface area (Å²) in [7, 11) is 2.09. The summed E-state index contributed by atoms with van der Waals surface area (Å²) in [5, 5.41) is 3.53. The number of rotatable bonds is 5. The lowest BCUT2D eigenvalue weighted by Gasteiger charge is -2.14. The van der Waals surface area contributed by atoms with Crippen LogP contribution in [0.3, 0.4) is 0 Å². The van der Waals surface area contributed by atoms with E-state index in [1.165, 1.54) is 21.7 Å². The van der Waals surface area contributed by atoms with E-state index in [2.05, 4.69) is 61.8 Å². The molecule has 0 amide bonds. The minimum Gasteiger partial charge on any atom is -0.312 e. The average Bonchev–Trinajstić information content (AvgIpc) is 3.10. The second-order valence-electron chi connectivity index (χ2n) is 5.34. The summed E-state index contributed by atoms with van der Waals surface area (Å²) >= 11 is 1.97. The topological polar surface area (TPSA) is 12.0 Å². The molecule has 2 heteroatoms. The lowest BCUT2D eigenvalue weighted by atomic mass is 10.0. The van der Waals surface area contributed by atoms with Gasteiger partial charge in [-0.15, -0.1) is 11.3 Å². The van der Waals surface area contributed by atoms with Crippen LogP contribution in [-0.4, -0.2) is 7.05 Å². The number of hydrogen-bond acceptors (Lipinski definition) is 2. The lowest BCUT2D eigenvalue weighted by Crippen LogP contribution is -2.17. The predicted octanol–water partition coefficient (Wildman–Crippen LogP) is 4.37. The quantitative estimate of drug-likeness (QED) is 0.851. The standard InChI is InChI=1S/C17H21NS/c1-3-13-9-10-16(19-13)17(18-2)15-11-14(15)12-7-5-4-6-8-12/h4-10,14-15,17-18H,3,11H2,1-2H3. The van der Waals surface area contributed by atoms with Crippen molar-refractivity contribution >= 4 is 11.3 Å². The van der Waals surface area contributed by atoms with Gasteiger partial charge < -0.3 is 5.32 Å². The average molecular weight is 271 g/mol. The highest BCUT2D eigenvalue weighted by molar-refractivity contribution is 7.12. The maximum Gasteiger partial charge on any atom is 0.0447 e. The van der Waals surface area contributed by atoms with E-state index in [4.69, 9.17) is 0 Å². The van der Waals surface area contributed by atoms with Crippen LogP contribution < -0.4 is 5.32 Å². The maximum absolute atomic E-state index is 3.53. The van der Waals surface area contributed by atoms with Crippen molar-refractivity contribution in [3.8, 4) is 0 Å². The Kier molecular flexibility index (Phi) is 3.72. The van der Waals surface area contributed by atoms with E-state index in [1.807, 2.05) is 11.3 Å². The number of nitrogens with one attached hydrogen (secondary N) is 1. The van der Waals surface area contributed by atoms with Gasteiger partial charge >= 0.3 is 0 Å². The van der Waals surface area contributed by atoms with Crippen molar-refractivity contribution in [1.29, 1.82) is 0 Å². The van der Waals surface area contributed by atoms with Gasteiger partial charge in [0.05, 0.1) is 0 Å². The summed E-state index contributed by atoms with van der Waals surface area (Å²) in [5.41, 5.74) is 1.50. The lowest BCUT2D eigenvalue weighted by molar-refractivity contribution is 0.526. The van der Waals surface area contributed by atoms with E-state index in [0.717, 1.165) is 18.3 Å². The molecule has 3 atom stereocenters. The van der Waals surface area contributed by atoms with Crippen molar-refractivity contribution in [2.75, 3.05) is 7.05 Å². The van der Waals surface area contributed by atoms with Crippen LogP contribution >= 0.6 is 11.3 Å². The Morgan fingerprint density at radius 2 is 2.00 bits per heavy atom. The third kappa shape index (κ3) is 2.60. The molecule has 1 saturated carbocycles. The second-order valence-corrected chi connectivity index (χ2v) is 6.54. The number of aryl methyl sites for hydroxylation is 1. The molecule has 0 spiro atoms. The highest BCUT2D eigenvalue weighted by Gasteiger charge is 2.44. The van der Waals surface area contributed by atoms with Crippen molar-refractivity contribution in [3.63, 3.8) is 0 Å². The molecule has 1 aromatic heterocycles. The SMILES string of the molecule is CCc1ccc(C(NC)C2CC2c2ccccc2)s1. The first-order valence-corrected chi connectivity index (χ1v) is 7.96. The molecule has 1 N–H and O–H groups in total. The molecule has 1 aliphatic carbocycles. The molecule has 1 fully saturated rings. The molecular weight excluding hydrogens is 250 g/mol. The van der Waals surface area contributed by atoms with E-state index >= 15 is 0 Å². The maximum atomic E-state index is 3.53. The van der Waals surface area contributed by atoms with Gasteiger partial charge in [-0.05, 0) is 49.4 Å². The van der Waals surface area contributed by atoms with Gasteiger partial charge in [0.15, 0.2) is 0 Å². The minimum absolute atomic E-state index is 0.524. The predicted molar refractivity (Wildman–Crippen MR) is 82.8 cm³/mol. The Bertz CT molecular complexity index is 531. The van der Waals surface area contributed by atoms with Gasteiger partial charge in [0.2, 0.25) is 0 Å². The van der Waals surface area contributed by atoms with Crippen molar-refractivity contribution in [2.45, 2.75) is 31.7 Å². The van der Waals surface area contributed by atoms with Crippen LogP contribution in [0.4, 0.5) is 0 Å². The third-order valence-corrected chi connectivity index (χ3v) is 5.46. The fourth-order valence-corrected chi connectivity index (χ4v) is 4.12. The van der Waals surface area contributed by atoms with Crippen LogP contribution in [0.15, 0.2) is 42.5 Å². The Hall–Kier alpha value is -1.12. The fourth-order valence-electron chi connectivity index (χ4n) is 2.99. The molecule has 1 aromatic carbocycles. The number of thiophene rings is 1. The van der Waals surface area contributed by atoms with E-state index < -0.39 is 0 Å². The molecule has 19 heavy (non-hydrogen) atoms. The van der Waals surface area contributed by atoms with Crippen LogP contribution in [0, 0.1) is 5.92 Å². The fraction of sp³-hybridized carbons (Fsp3) is 0.412. The molecule has 1 heterocycles. The second kappa shape index (κ2) is 5.48. The van der Waals surface area contributed by atoms with Crippen LogP contribution in [0.5, 0.6) is 0 Å². The summed E-state index contributed by atoms with van der Waals surface area (Å²) in [6, 6.07) is 16.1. The van der Waals surface area contributed by atoms with E-state index in [0.29, 0.717) is 6.04 Å². The van der Waals surface area contributed by atoms with Gasteiger partial charge in [-0.1, -0.05) is 37.3 Å². The van der Waals surface area contributed by atoms with Crippen LogP contribution in [0.2, 0.25) is 0 Å². The highest BCUT2D eigenvalue weighted by Crippen LogP contribution is 2.54. The van der Waals surface area contributed by atoms with Crippen LogP contribution in [0.25, 0.3) is 0 Å². The van der Waals surface area contributed by atoms with Crippen molar-refractivity contribution in [1.82, 2.24) is 5.32 Å². The summed E-state index contributed by atoms with van der Waals surface area (Å²) in [6.45, 7) is 2.23. The monoisotopic (exact) mass is 271 g/mol. The molecule has 3 rings (SSSR count). The zero-order valence-electron chi connectivity index (χ0n) is 11.6. The van der Waals surface area contributed by atoms with Gasteiger partial charge in [0.1, 0.15) is 0 Å². The molecule has 2 aromatic rings. The molecule has 3 unspecified atom stereocenters. The van der Waals surface area contributed by atoms with Gasteiger partial charge in [-0.2, -0.15) is 0 Å². The van der Waals surface area contributed by atoms with Crippen LogP contribution in [-0.2, 0) is 6.42 Å². The minimum atomic E-state index is 0.524. The summed E-state index contributed by atoms with van der Waals surface area (Å²) < 4.78 is 0. The first kappa shape index (κ1) is 12.9. The first-order chi connectivity index (χ1) is 9.33. The molecule has 1 nitrogen and oxygen atoms in total. The Morgan fingerprint density at radius 3 is 2.63 bits per heavy atom. The van der Waals surface area contributed by atoms with E-state index in [9.17, 15) is 0 Å². The Labute approximate surface area is 119 Å². The number of hydrogen-bond donors (Lipinski definition) is 1. The van der Waals surface area contributed by atoms with E-state index in [-0.39, 0.29) is 0 Å². The van der Waals surface area contributed by atoms with E-state index in [1.54, 1.807) is 0 Å². The highest BCUT2D eigenvalue weighted by atomic mass is 32.1. The van der Waals surface area contributed by atoms with Crippen molar-refractivity contribution in [2.24, 2.45) is 5.92 Å². The Balaban J connectivity index is 1.75. The Morgan fingerprint density at radius 1 is 1.21 bits per heavy atom. The zero-order chi connectivity index (χ0) is 13.2. The van der Waals surface area contributed by atoms with Crippen molar-refractivity contribution in [3.05, 3.63) is 57.8 Å². The normalized spacial score (nSPS) is 23.3. The van der Waals surface area contributed by atoms with Gasteiger partial charge in [-0.25, -0.2) is 0 Å². The van der Waals surface area contributed by atoms with Crippen LogP contribution in [0.1, 0.15) is 40.6 Å². The van der Waals surface area contributed by atoms with Gasteiger partial charge in [-0.3, -0.25) is 0 Å². The zero-order valence-corrected chi connectivity index (χ0v) is 12.4. The molecule has 100 valence electrons. The smallest absolute Gasteiger partial charge is 0.0447 e. The summed E-state index contributed by atoms with van der Waals surface area (Å²) in [6.07, 6.45) is 2.46. The molecule has 1 aliphatic rings. The largest absolute Gasteiger partial charge is 0.312 e. The molecular formula is C17H21NS. The third-order valence-electron chi connectivity index (χ3n) is 4.14. The van der Waals surface area contributed by atoms with Gasteiger partial charge in [0.25, 0.3) is 0 Å². The van der Waals surface area contributed by atoms with Crippen molar-refractivity contribution < 1.29 is 0 Å².